The Hall–Kier alpha value is -4.47. The van der Waals surface area contributed by atoms with Crippen molar-refractivity contribution >= 4 is 11.9 Å². The molecule has 0 saturated heterocycles. The Labute approximate surface area is 207 Å². The number of carbonyl (C=O) groups excluding carboxylic acids is 1. The maximum Gasteiger partial charge on any atom is 0.490 e. The van der Waals surface area contributed by atoms with Gasteiger partial charge < -0.3 is 29.7 Å². The number of ether oxygens (including phenoxy) is 2. The summed E-state index contributed by atoms with van der Waals surface area (Å²) in [5.74, 6) is -0.503. The van der Waals surface area contributed by atoms with Crippen molar-refractivity contribution < 1.29 is 41.9 Å². The van der Waals surface area contributed by atoms with E-state index in [2.05, 4.69) is 37.9 Å². The minimum Gasteiger partial charge on any atom is -0.475 e. The molecule has 0 spiro atoms. The van der Waals surface area contributed by atoms with Gasteiger partial charge in [0, 0.05) is 24.7 Å². The van der Waals surface area contributed by atoms with Crippen LogP contribution in [0.4, 0.5) is 13.2 Å². The SMILES string of the molecule is C=CC(=O)NCCNC(c1c(C)noc1C)c1nnnn1-c1ccc2c(c1)OCO2.O=C(O)C(F)(F)F. The third-order valence-electron chi connectivity index (χ3n) is 4.93. The summed E-state index contributed by atoms with van der Waals surface area (Å²) in [6.07, 6.45) is -3.86. The van der Waals surface area contributed by atoms with E-state index < -0.39 is 18.2 Å². The molecular weight excluding hydrogens is 503 g/mol. The smallest absolute Gasteiger partial charge is 0.475 e. The first kappa shape index (κ1) is 27.1. The van der Waals surface area contributed by atoms with Crippen molar-refractivity contribution in [1.29, 1.82) is 0 Å². The molecule has 3 heterocycles. The number of nitrogens with one attached hydrogen (secondary N) is 2. The predicted molar refractivity (Wildman–Crippen MR) is 118 cm³/mol. The number of rotatable bonds is 8. The molecule has 2 aromatic heterocycles. The maximum atomic E-state index is 11.4. The van der Waals surface area contributed by atoms with Gasteiger partial charge in [-0.15, -0.1) is 5.10 Å². The highest BCUT2D eigenvalue weighted by Gasteiger charge is 2.38. The van der Waals surface area contributed by atoms with Crippen molar-refractivity contribution in [1.82, 2.24) is 36.0 Å². The van der Waals surface area contributed by atoms with Gasteiger partial charge in [0.15, 0.2) is 17.3 Å². The first-order valence-electron chi connectivity index (χ1n) is 10.6. The number of hydrogen-bond acceptors (Lipinski definition) is 10. The fourth-order valence-electron chi connectivity index (χ4n) is 3.27. The number of tetrazole rings is 1. The Kier molecular flexibility index (Phi) is 8.44. The van der Waals surface area contributed by atoms with Gasteiger partial charge in [-0.3, -0.25) is 4.79 Å². The lowest BCUT2D eigenvalue weighted by atomic mass is 10.0. The predicted octanol–water partition coefficient (Wildman–Crippen LogP) is 1.61. The summed E-state index contributed by atoms with van der Waals surface area (Å²) < 4.78 is 49.6. The summed E-state index contributed by atoms with van der Waals surface area (Å²) >= 11 is 0. The molecule has 0 bridgehead atoms. The van der Waals surface area contributed by atoms with Crippen molar-refractivity contribution in [2.24, 2.45) is 0 Å². The molecule has 0 saturated carbocycles. The van der Waals surface area contributed by atoms with Gasteiger partial charge in [0.05, 0.1) is 11.4 Å². The molecule has 1 atom stereocenters. The molecule has 198 valence electrons. The van der Waals surface area contributed by atoms with Crippen molar-refractivity contribution in [3.05, 3.63) is 53.7 Å². The molecule has 0 fully saturated rings. The van der Waals surface area contributed by atoms with E-state index in [1.54, 1.807) is 4.68 Å². The summed E-state index contributed by atoms with van der Waals surface area (Å²) in [7, 11) is 0. The lowest BCUT2D eigenvalue weighted by Crippen LogP contribution is -2.34. The van der Waals surface area contributed by atoms with E-state index in [1.165, 1.54) is 6.08 Å². The maximum absolute atomic E-state index is 11.4. The number of amides is 1. The zero-order chi connectivity index (χ0) is 27.2. The third-order valence-corrected chi connectivity index (χ3v) is 4.93. The minimum atomic E-state index is -5.08. The number of nitrogens with zero attached hydrogens (tertiary/aromatic N) is 5. The largest absolute Gasteiger partial charge is 0.490 e. The lowest BCUT2D eigenvalue weighted by molar-refractivity contribution is -0.192. The molecule has 1 aliphatic heterocycles. The quantitative estimate of drug-likeness (QED) is 0.289. The second-order valence-corrected chi connectivity index (χ2v) is 7.41. The molecule has 0 aliphatic carbocycles. The third kappa shape index (κ3) is 6.60. The van der Waals surface area contributed by atoms with Crippen molar-refractivity contribution in [3.8, 4) is 17.2 Å². The Bertz CT molecular complexity index is 1250. The fourth-order valence-corrected chi connectivity index (χ4v) is 3.27. The fraction of sp³-hybridized carbons (Fsp3) is 0.333. The van der Waals surface area contributed by atoms with Crippen LogP contribution in [-0.2, 0) is 9.59 Å². The molecule has 1 aliphatic rings. The van der Waals surface area contributed by atoms with Gasteiger partial charge in [-0.05, 0) is 42.5 Å². The van der Waals surface area contributed by atoms with Crippen molar-refractivity contribution in [3.63, 3.8) is 0 Å². The summed E-state index contributed by atoms with van der Waals surface area (Å²) in [5.41, 5.74) is 2.28. The number of fused-ring (bicyclic) bond motifs is 1. The van der Waals surface area contributed by atoms with E-state index >= 15 is 0 Å². The molecule has 3 N–H and O–H groups in total. The average Bonchev–Trinajstić information content (AvgIpc) is 3.59. The molecule has 3 aromatic rings. The van der Waals surface area contributed by atoms with Crippen LogP contribution in [0.1, 0.15) is 28.9 Å². The van der Waals surface area contributed by atoms with Crippen LogP contribution in [0.5, 0.6) is 11.5 Å². The number of alkyl halides is 3. The van der Waals surface area contributed by atoms with Gasteiger partial charge in [0.25, 0.3) is 0 Å². The highest BCUT2D eigenvalue weighted by molar-refractivity contribution is 5.86. The number of hydrogen-bond donors (Lipinski definition) is 3. The molecule has 37 heavy (non-hydrogen) atoms. The molecule has 16 heteroatoms. The number of aromatic nitrogens is 5. The van der Waals surface area contributed by atoms with Crippen molar-refractivity contribution in [2.75, 3.05) is 19.9 Å². The van der Waals surface area contributed by atoms with E-state index in [4.69, 9.17) is 23.9 Å². The van der Waals surface area contributed by atoms with Crippen LogP contribution >= 0.6 is 0 Å². The van der Waals surface area contributed by atoms with Gasteiger partial charge in [-0.25, -0.2) is 4.79 Å². The summed E-state index contributed by atoms with van der Waals surface area (Å²) in [6, 6.07) is 5.06. The minimum absolute atomic E-state index is 0.181. The van der Waals surface area contributed by atoms with Gasteiger partial charge in [-0.1, -0.05) is 11.7 Å². The standard InChI is InChI=1S/C19H21N7O4.C2HF3O2/c1-4-16(27)20-7-8-21-18(17-11(2)23-30-12(17)3)19-22-24-25-26(19)13-5-6-14-15(9-13)29-10-28-14;3-2(4,5)1(6)7/h4-6,9,18,21H,1,7-8,10H2,2-3H3,(H,20,27);(H,6,7). The first-order chi connectivity index (χ1) is 17.5. The van der Waals surface area contributed by atoms with Crippen LogP contribution in [-0.4, -0.2) is 68.4 Å². The summed E-state index contributed by atoms with van der Waals surface area (Å²) in [6.45, 7) is 8.18. The molecule has 1 aromatic carbocycles. The van der Waals surface area contributed by atoms with Gasteiger partial charge in [0.2, 0.25) is 12.7 Å². The molecular formula is C21H22F3N7O6. The Morgan fingerprint density at radius 1 is 1.24 bits per heavy atom. The Morgan fingerprint density at radius 2 is 1.95 bits per heavy atom. The molecule has 4 rings (SSSR count). The van der Waals surface area contributed by atoms with Gasteiger partial charge in [0.1, 0.15) is 11.8 Å². The van der Waals surface area contributed by atoms with Gasteiger partial charge in [-0.2, -0.15) is 17.9 Å². The Morgan fingerprint density at radius 3 is 2.57 bits per heavy atom. The van der Waals surface area contributed by atoms with E-state index in [-0.39, 0.29) is 12.7 Å². The summed E-state index contributed by atoms with van der Waals surface area (Å²) in [4.78, 5) is 20.3. The van der Waals surface area contributed by atoms with E-state index in [0.29, 0.717) is 36.2 Å². The molecule has 13 nitrogen and oxygen atoms in total. The Balaban J connectivity index is 0.000000479. The molecule has 1 unspecified atom stereocenters. The van der Waals surface area contributed by atoms with E-state index in [9.17, 15) is 18.0 Å². The van der Waals surface area contributed by atoms with Crippen molar-refractivity contribution in [2.45, 2.75) is 26.1 Å². The number of aliphatic carboxylic acids is 1. The highest BCUT2D eigenvalue weighted by Crippen LogP contribution is 2.34. The van der Waals surface area contributed by atoms with Crippen LogP contribution in [0.25, 0.3) is 5.69 Å². The second kappa shape index (κ2) is 11.5. The second-order valence-electron chi connectivity index (χ2n) is 7.41. The zero-order valence-electron chi connectivity index (χ0n) is 19.6. The topological polar surface area (TPSA) is 167 Å². The molecule has 1 amide bonds. The number of halogens is 3. The number of aryl methyl sites for hydroxylation is 2. The number of carboxylic acid groups (broad SMARTS) is 1. The average molecular weight is 525 g/mol. The zero-order valence-corrected chi connectivity index (χ0v) is 19.6. The van der Waals surface area contributed by atoms with Gasteiger partial charge >= 0.3 is 12.1 Å². The van der Waals surface area contributed by atoms with Crippen LogP contribution in [0, 0.1) is 13.8 Å². The van der Waals surface area contributed by atoms with Crippen LogP contribution in [0.3, 0.4) is 0 Å². The summed E-state index contributed by atoms with van der Waals surface area (Å²) in [5, 5.41) is 29.6. The van der Waals surface area contributed by atoms with Crippen LogP contribution in [0.2, 0.25) is 0 Å². The molecule has 0 radical (unpaired) electrons. The highest BCUT2D eigenvalue weighted by atomic mass is 19.4. The van der Waals surface area contributed by atoms with E-state index in [0.717, 1.165) is 16.9 Å². The van der Waals surface area contributed by atoms with Crippen LogP contribution in [0.15, 0.2) is 35.4 Å². The van der Waals surface area contributed by atoms with E-state index in [1.807, 2.05) is 32.0 Å². The normalized spacial score (nSPS) is 12.9. The first-order valence-corrected chi connectivity index (χ1v) is 10.6. The number of carbonyl (C=O) groups is 2. The number of carboxylic acids is 1. The monoisotopic (exact) mass is 525 g/mol. The van der Waals surface area contributed by atoms with Crippen LogP contribution < -0.4 is 20.1 Å². The number of benzene rings is 1. The lowest BCUT2D eigenvalue weighted by Gasteiger charge is -2.18.